The highest BCUT2D eigenvalue weighted by Crippen LogP contribution is 2.19. The summed E-state index contributed by atoms with van der Waals surface area (Å²) in [6.45, 7) is 5.88. The molecule has 1 aliphatic heterocycles. The second kappa shape index (κ2) is 9.63. The van der Waals surface area contributed by atoms with Crippen LogP contribution in [0.5, 0.6) is 0 Å². The van der Waals surface area contributed by atoms with Gasteiger partial charge in [-0.2, -0.15) is 5.10 Å². The highest BCUT2D eigenvalue weighted by Gasteiger charge is 2.17. The number of amides is 1. The number of likely N-dealkylation sites (tertiary alicyclic amines) is 1. The van der Waals surface area contributed by atoms with Crippen LogP contribution in [-0.4, -0.2) is 46.3 Å². The summed E-state index contributed by atoms with van der Waals surface area (Å²) in [6.07, 6.45) is 6.74. The molecule has 1 N–H and O–H groups in total. The highest BCUT2D eigenvalue weighted by atomic mass is 35.5. The smallest absolute Gasteiger partial charge is 0.251 e. The van der Waals surface area contributed by atoms with E-state index in [0.29, 0.717) is 24.7 Å². The lowest BCUT2D eigenvalue weighted by molar-refractivity contribution is 0.0949. The van der Waals surface area contributed by atoms with Crippen molar-refractivity contribution in [3.8, 4) is 0 Å². The highest BCUT2D eigenvalue weighted by molar-refractivity contribution is 6.30. The normalized spacial score (nSPS) is 17.3. The molecule has 6 heteroatoms. The van der Waals surface area contributed by atoms with Gasteiger partial charge in [-0.1, -0.05) is 36.2 Å². The van der Waals surface area contributed by atoms with Crippen LogP contribution < -0.4 is 5.32 Å². The third-order valence-corrected chi connectivity index (χ3v) is 6.25. The van der Waals surface area contributed by atoms with Gasteiger partial charge in [0.1, 0.15) is 0 Å². The van der Waals surface area contributed by atoms with Crippen LogP contribution in [0.15, 0.2) is 48.7 Å². The van der Waals surface area contributed by atoms with Gasteiger partial charge < -0.3 is 10.2 Å². The van der Waals surface area contributed by atoms with Gasteiger partial charge in [-0.15, -0.1) is 0 Å². The molecule has 1 fully saturated rings. The van der Waals surface area contributed by atoms with Crippen LogP contribution in [0.4, 0.5) is 0 Å². The predicted molar refractivity (Wildman–Crippen MR) is 122 cm³/mol. The molecule has 0 unspecified atom stereocenters. The van der Waals surface area contributed by atoms with Crippen molar-refractivity contribution < 1.29 is 4.79 Å². The van der Waals surface area contributed by atoms with Crippen molar-refractivity contribution in [3.63, 3.8) is 0 Å². The van der Waals surface area contributed by atoms with Crippen LogP contribution in [0.2, 0.25) is 5.02 Å². The third-order valence-electron chi connectivity index (χ3n) is 6.00. The first-order valence-corrected chi connectivity index (χ1v) is 11.2. The Morgan fingerprint density at radius 1 is 1.20 bits per heavy atom. The summed E-state index contributed by atoms with van der Waals surface area (Å²) >= 11 is 5.98. The zero-order valence-corrected chi connectivity index (χ0v) is 18.2. The van der Waals surface area contributed by atoms with Gasteiger partial charge in [0.05, 0.1) is 18.3 Å². The second-order valence-corrected chi connectivity index (χ2v) is 8.63. The Morgan fingerprint density at radius 2 is 2.03 bits per heavy atom. The Kier molecular flexibility index (Phi) is 6.70. The summed E-state index contributed by atoms with van der Waals surface area (Å²) in [5, 5.41) is 9.32. The molecule has 0 radical (unpaired) electrons. The van der Waals surface area contributed by atoms with Gasteiger partial charge in [-0.3, -0.25) is 9.48 Å². The van der Waals surface area contributed by atoms with E-state index in [2.05, 4.69) is 22.2 Å². The molecule has 2 heterocycles. The number of aromatic nitrogens is 2. The zero-order valence-electron chi connectivity index (χ0n) is 17.5. The maximum Gasteiger partial charge on any atom is 0.251 e. The maximum atomic E-state index is 12.7. The van der Waals surface area contributed by atoms with Gasteiger partial charge in [-0.05, 0) is 62.6 Å². The van der Waals surface area contributed by atoms with Crippen LogP contribution in [0.1, 0.15) is 48.5 Å². The van der Waals surface area contributed by atoms with Crippen molar-refractivity contribution >= 4 is 28.4 Å². The van der Waals surface area contributed by atoms with E-state index >= 15 is 0 Å². The summed E-state index contributed by atoms with van der Waals surface area (Å²) in [6, 6.07) is 14.2. The van der Waals surface area contributed by atoms with Crippen LogP contribution in [0.25, 0.3) is 10.9 Å². The predicted octanol–water partition coefficient (Wildman–Crippen LogP) is 4.73. The molecule has 1 amide bonds. The quantitative estimate of drug-likeness (QED) is 0.557. The molecule has 30 heavy (non-hydrogen) atoms. The largest absolute Gasteiger partial charge is 0.352 e. The minimum Gasteiger partial charge on any atom is -0.352 e. The Morgan fingerprint density at radius 3 is 2.83 bits per heavy atom. The van der Waals surface area contributed by atoms with Gasteiger partial charge in [0.25, 0.3) is 5.91 Å². The molecule has 2 aromatic carbocycles. The Bertz CT molecular complexity index is 998. The number of halogens is 1. The van der Waals surface area contributed by atoms with Gasteiger partial charge in [0.2, 0.25) is 0 Å². The molecule has 3 aromatic rings. The summed E-state index contributed by atoms with van der Waals surface area (Å²) in [4.78, 5) is 15.2. The van der Waals surface area contributed by atoms with Crippen molar-refractivity contribution in [1.29, 1.82) is 0 Å². The summed E-state index contributed by atoms with van der Waals surface area (Å²) < 4.78 is 1.92. The van der Waals surface area contributed by atoms with E-state index < -0.39 is 0 Å². The van der Waals surface area contributed by atoms with Crippen molar-refractivity contribution in [3.05, 3.63) is 64.8 Å². The number of nitrogens with one attached hydrogen (secondary N) is 1. The first kappa shape index (κ1) is 20.9. The van der Waals surface area contributed by atoms with E-state index in [1.54, 1.807) is 0 Å². The molecule has 1 saturated heterocycles. The molecule has 5 nitrogen and oxygen atoms in total. The fourth-order valence-electron chi connectivity index (χ4n) is 4.18. The number of hydrogen-bond acceptors (Lipinski definition) is 3. The molecule has 0 spiro atoms. The van der Waals surface area contributed by atoms with Crippen molar-refractivity contribution in [2.45, 2.75) is 45.2 Å². The lowest BCUT2D eigenvalue weighted by Gasteiger charge is -2.33. The number of benzene rings is 2. The number of rotatable bonds is 7. The van der Waals surface area contributed by atoms with Gasteiger partial charge in [-0.25, -0.2) is 0 Å². The lowest BCUT2D eigenvalue weighted by atomic mass is 10.0. The van der Waals surface area contributed by atoms with Crippen LogP contribution >= 0.6 is 11.6 Å². The minimum atomic E-state index is -0.0252. The molecular weight excluding hydrogens is 396 g/mol. The van der Waals surface area contributed by atoms with Gasteiger partial charge in [0.15, 0.2) is 0 Å². The molecule has 0 aliphatic carbocycles. The number of carbonyl (C=O) groups excluding carboxylic acids is 1. The number of piperidine rings is 1. The minimum absolute atomic E-state index is 0.0252. The summed E-state index contributed by atoms with van der Waals surface area (Å²) in [5.41, 5.74) is 2.75. The first-order chi connectivity index (χ1) is 14.6. The van der Waals surface area contributed by atoms with E-state index in [1.807, 2.05) is 53.3 Å². The molecule has 1 aromatic heterocycles. The van der Waals surface area contributed by atoms with Gasteiger partial charge >= 0.3 is 0 Å². The van der Waals surface area contributed by atoms with Crippen molar-refractivity contribution in [2.75, 3.05) is 19.6 Å². The van der Waals surface area contributed by atoms with E-state index in [9.17, 15) is 4.79 Å². The Balaban J connectivity index is 1.36. The van der Waals surface area contributed by atoms with Gasteiger partial charge in [0, 0.05) is 35.1 Å². The fourth-order valence-corrected chi connectivity index (χ4v) is 4.30. The summed E-state index contributed by atoms with van der Waals surface area (Å²) in [7, 11) is 0. The van der Waals surface area contributed by atoms with E-state index in [-0.39, 0.29) is 5.91 Å². The van der Waals surface area contributed by atoms with Crippen LogP contribution in [-0.2, 0) is 6.54 Å². The van der Waals surface area contributed by atoms with Crippen molar-refractivity contribution in [2.24, 2.45) is 0 Å². The average Bonchev–Trinajstić information content (AvgIpc) is 3.16. The molecular formula is C24H29ClN4O. The van der Waals surface area contributed by atoms with E-state index in [1.165, 1.54) is 25.8 Å². The number of carbonyl (C=O) groups is 1. The van der Waals surface area contributed by atoms with Crippen LogP contribution in [0, 0.1) is 0 Å². The maximum absolute atomic E-state index is 12.7. The van der Waals surface area contributed by atoms with E-state index in [0.717, 1.165) is 34.5 Å². The first-order valence-electron chi connectivity index (χ1n) is 10.8. The second-order valence-electron chi connectivity index (χ2n) is 8.19. The van der Waals surface area contributed by atoms with E-state index in [4.69, 9.17) is 11.6 Å². The third kappa shape index (κ3) is 5.02. The SMILES string of the molecule is C[C@H]1CCCCN1CCCNC(=O)c1ccc2cnn(Cc3ccc(Cl)cc3)c2c1. The fraction of sp³-hybridized carbons (Fsp3) is 0.417. The molecule has 0 bridgehead atoms. The number of hydrogen-bond donors (Lipinski definition) is 1. The zero-order chi connectivity index (χ0) is 20.9. The Hall–Kier alpha value is -2.37. The molecule has 158 valence electrons. The summed E-state index contributed by atoms with van der Waals surface area (Å²) in [5.74, 6) is -0.0252. The monoisotopic (exact) mass is 424 g/mol. The average molecular weight is 425 g/mol. The lowest BCUT2D eigenvalue weighted by Crippen LogP contribution is -2.39. The Labute approximate surface area is 183 Å². The number of fused-ring (bicyclic) bond motifs is 1. The molecule has 4 rings (SSSR count). The molecule has 0 saturated carbocycles. The van der Waals surface area contributed by atoms with Crippen molar-refractivity contribution in [1.82, 2.24) is 20.0 Å². The standard InChI is InChI=1S/C24H29ClN4O/c1-18-5-2-3-13-28(18)14-4-12-26-24(30)20-8-9-21-16-27-29(23(21)15-20)17-19-6-10-22(25)11-7-19/h6-11,15-16,18H,2-5,12-14,17H2,1H3,(H,26,30)/t18-/m0/s1. The van der Waals surface area contributed by atoms with Crippen LogP contribution in [0.3, 0.4) is 0 Å². The molecule has 1 atom stereocenters. The molecule has 1 aliphatic rings. The number of nitrogens with zero attached hydrogens (tertiary/aromatic N) is 3. The topological polar surface area (TPSA) is 50.2 Å².